The third-order valence-corrected chi connectivity index (χ3v) is 2.80. The van der Waals surface area contributed by atoms with Crippen LogP contribution in [0, 0.1) is 6.04 Å². The predicted molar refractivity (Wildman–Crippen MR) is 61.2 cm³/mol. The summed E-state index contributed by atoms with van der Waals surface area (Å²) in [7, 11) is 0. The monoisotopic (exact) mass is 194 g/mol. The van der Waals surface area contributed by atoms with E-state index in [9.17, 15) is 0 Å². The molecule has 1 N–H and O–H groups in total. The molecule has 1 heteroatoms. The predicted octanol–water partition coefficient (Wildman–Crippen LogP) is 2.72. The average Bonchev–Trinajstić information content (AvgIpc) is 2.74. The molecule has 0 saturated heterocycles. The molecule has 0 unspecified atom stereocenters. The maximum absolute atomic E-state index is 3.46. The number of fused-ring (bicyclic) bond motifs is 1. The summed E-state index contributed by atoms with van der Waals surface area (Å²) in [6.07, 6.45) is 0. The van der Waals surface area contributed by atoms with Gasteiger partial charge >= 0.3 is 0 Å². The Morgan fingerprint density at radius 1 is 0.800 bits per heavy atom. The van der Waals surface area contributed by atoms with E-state index >= 15 is 0 Å². The van der Waals surface area contributed by atoms with Gasteiger partial charge in [-0.1, -0.05) is 54.6 Å². The molecule has 0 atom stereocenters. The van der Waals surface area contributed by atoms with Crippen LogP contribution in [0.3, 0.4) is 0 Å². The van der Waals surface area contributed by atoms with E-state index in [0.29, 0.717) is 0 Å². The quantitative estimate of drug-likeness (QED) is 0.736. The third kappa shape index (κ3) is 1.45. The molecule has 0 saturated carbocycles. The van der Waals surface area contributed by atoms with Gasteiger partial charge in [0.25, 0.3) is 0 Å². The van der Waals surface area contributed by atoms with Crippen molar-refractivity contribution in [1.82, 2.24) is 5.32 Å². The second-order valence-electron chi connectivity index (χ2n) is 3.75. The van der Waals surface area contributed by atoms with Crippen molar-refractivity contribution in [1.29, 1.82) is 0 Å². The largest absolute Gasteiger partial charge is 0.297 e. The van der Waals surface area contributed by atoms with Gasteiger partial charge in [-0.3, -0.25) is 5.32 Å². The summed E-state index contributed by atoms with van der Waals surface area (Å²) in [6, 6.07) is 20.3. The molecule has 3 rings (SSSR count). The SMILES string of the molecule is c1ccc([C]2NCc3ccccc32)cc1. The average molecular weight is 194 g/mol. The molecule has 1 aliphatic heterocycles. The fourth-order valence-corrected chi connectivity index (χ4v) is 2.06. The molecule has 0 aliphatic carbocycles. The van der Waals surface area contributed by atoms with Crippen LogP contribution in [-0.2, 0) is 6.54 Å². The first-order valence-corrected chi connectivity index (χ1v) is 5.20. The van der Waals surface area contributed by atoms with Crippen molar-refractivity contribution in [2.75, 3.05) is 0 Å². The van der Waals surface area contributed by atoms with Crippen LogP contribution in [0.15, 0.2) is 54.6 Å². The molecular weight excluding hydrogens is 182 g/mol. The first-order chi connectivity index (χ1) is 7.45. The Hall–Kier alpha value is -1.60. The van der Waals surface area contributed by atoms with Gasteiger partial charge < -0.3 is 0 Å². The highest BCUT2D eigenvalue weighted by atomic mass is 14.9. The Morgan fingerprint density at radius 3 is 2.40 bits per heavy atom. The number of hydrogen-bond donors (Lipinski definition) is 1. The number of nitrogens with one attached hydrogen (secondary N) is 1. The van der Waals surface area contributed by atoms with E-state index in [0.717, 1.165) is 6.54 Å². The van der Waals surface area contributed by atoms with Gasteiger partial charge in [0.2, 0.25) is 0 Å². The van der Waals surface area contributed by atoms with Crippen LogP contribution in [0.5, 0.6) is 0 Å². The third-order valence-electron chi connectivity index (χ3n) is 2.80. The van der Waals surface area contributed by atoms with Crippen molar-refractivity contribution < 1.29 is 0 Å². The van der Waals surface area contributed by atoms with Crippen LogP contribution in [-0.4, -0.2) is 0 Å². The zero-order valence-corrected chi connectivity index (χ0v) is 8.40. The molecule has 73 valence electrons. The van der Waals surface area contributed by atoms with E-state index < -0.39 is 0 Å². The first kappa shape index (κ1) is 8.69. The lowest BCUT2D eigenvalue weighted by Crippen LogP contribution is -2.13. The van der Waals surface area contributed by atoms with Gasteiger partial charge in [-0.2, -0.15) is 0 Å². The van der Waals surface area contributed by atoms with Gasteiger partial charge in [0, 0.05) is 6.54 Å². The molecule has 2 aromatic carbocycles. The zero-order valence-electron chi connectivity index (χ0n) is 8.40. The van der Waals surface area contributed by atoms with Gasteiger partial charge in [-0.25, -0.2) is 0 Å². The van der Waals surface area contributed by atoms with Crippen LogP contribution >= 0.6 is 0 Å². The summed E-state index contributed by atoms with van der Waals surface area (Å²) < 4.78 is 0. The number of rotatable bonds is 1. The highest BCUT2D eigenvalue weighted by Crippen LogP contribution is 2.29. The van der Waals surface area contributed by atoms with Gasteiger partial charge in [0.1, 0.15) is 0 Å². The highest BCUT2D eigenvalue weighted by molar-refractivity contribution is 5.51. The van der Waals surface area contributed by atoms with E-state index in [1.807, 2.05) is 6.07 Å². The summed E-state index contributed by atoms with van der Waals surface area (Å²) in [4.78, 5) is 0. The molecule has 0 amide bonds. The highest BCUT2D eigenvalue weighted by Gasteiger charge is 2.23. The minimum atomic E-state index is 0.945. The Morgan fingerprint density at radius 2 is 1.53 bits per heavy atom. The van der Waals surface area contributed by atoms with Crippen molar-refractivity contribution in [3.63, 3.8) is 0 Å². The van der Waals surface area contributed by atoms with Crippen molar-refractivity contribution in [2.45, 2.75) is 6.54 Å². The number of hydrogen-bond acceptors (Lipinski definition) is 1. The molecule has 0 aromatic heterocycles. The first-order valence-electron chi connectivity index (χ1n) is 5.20. The maximum Gasteiger partial charge on any atom is 0.0966 e. The summed E-state index contributed by atoms with van der Waals surface area (Å²) >= 11 is 0. The summed E-state index contributed by atoms with van der Waals surface area (Å²) in [5.74, 6) is 0. The fourth-order valence-electron chi connectivity index (χ4n) is 2.06. The van der Waals surface area contributed by atoms with Gasteiger partial charge in [-0.15, -0.1) is 0 Å². The van der Waals surface area contributed by atoms with E-state index in [4.69, 9.17) is 0 Å². The zero-order chi connectivity index (χ0) is 10.1. The lowest BCUT2D eigenvalue weighted by atomic mass is 9.99. The van der Waals surface area contributed by atoms with Gasteiger partial charge in [0.05, 0.1) is 6.04 Å². The van der Waals surface area contributed by atoms with Crippen LogP contribution in [0.4, 0.5) is 0 Å². The van der Waals surface area contributed by atoms with Crippen LogP contribution in [0.25, 0.3) is 0 Å². The Labute approximate surface area is 89.8 Å². The second kappa shape index (κ2) is 3.52. The molecule has 0 spiro atoms. The Kier molecular flexibility index (Phi) is 2.04. The molecule has 15 heavy (non-hydrogen) atoms. The van der Waals surface area contributed by atoms with Crippen LogP contribution in [0.2, 0.25) is 0 Å². The smallest absolute Gasteiger partial charge is 0.0966 e. The summed E-state index contributed by atoms with van der Waals surface area (Å²) in [6.45, 7) is 0.945. The number of benzene rings is 2. The second-order valence-corrected chi connectivity index (χ2v) is 3.75. The minimum Gasteiger partial charge on any atom is -0.297 e. The minimum absolute atomic E-state index is 0.945. The van der Waals surface area contributed by atoms with E-state index in [1.54, 1.807) is 0 Å². The molecule has 1 radical (unpaired) electrons. The lowest BCUT2D eigenvalue weighted by Gasteiger charge is -2.10. The summed E-state index contributed by atoms with van der Waals surface area (Å²) in [5, 5.41) is 3.46. The molecule has 1 nitrogen and oxygen atoms in total. The molecule has 2 aromatic rings. The lowest BCUT2D eigenvalue weighted by molar-refractivity contribution is 0.821. The van der Waals surface area contributed by atoms with Crippen LogP contribution in [0.1, 0.15) is 16.7 Å². The summed E-state index contributed by atoms with van der Waals surface area (Å²) in [5.41, 5.74) is 3.99. The van der Waals surface area contributed by atoms with Crippen LogP contribution < -0.4 is 5.32 Å². The van der Waals surface area contributed by atoms with Crippen molar-refractivity contribution in [3.05, 3.63) is 77.3 Å². The standard InChI is InChI=1S/C14H12N/c1-2-6-11(7-3-1)14-13-9-5-4-8-12(13)10-15-14/h1-9,15H,10H2. The topological polar surface area (TPSA) is 12.0 Å². The molecule has 1 heterocycles. The fraction of sp³-hybridized carbons (Fsp3) is 0.0714. The van der Waals surface area contributed by atoms with E-state index in [2.05, 4.69) is 53.8 Å². The van der Waals surface area contributed by atoms with E-state index in [1.165, 1.54) is 22.7 Å². The van der Waals surface area contributed by atoms with Gasteiger partial charge in [0.15, 0.2) is 0 Å². The molecule has 0 bridgehead atoms. The molecular formula is C14H12N. The molecule has 0 fully saturated rings. The van der Waals surface area contributed by atoms with Gasteiger partial charge in [-0.05, 0) is 16.7 Å². The Balaban J connectivity index is 2.05. The molecule has 1 aliphatic rings. The Bertz CT molecular complexity index is 462. The normalized spacial score (nSPS) is 15.2. The van der Waals surface area contributed by atoms with Crippen molar-refractivity contribution >= 4 is 0 Å². The van der Waals surface area contributed by atoms with Crippen molar-refractivity contribution in [3.8, 4) is 0 Å². The maximum atomic E-state index is 3.46. The van der Waals surface area contributed by atoms with Crippen molar-refractivity contribution in [2.24, 2.45) is 0 Å². The van der Waals surface area contributed by atoms with E-state index in [-0.39, 0.29) is 0 Å².